The Labute approximate surface area is 101 Å². The maximum absolute atomic E-state index is 12.2. The molecule has 2 amide bonds. The number of urea groups is 1. The Kier molecular flexibility index (Phi) is 2.48. The van der Waals surface area contributed by atoms with Crippen molar-refractivity contribution >= 4 is 11.8 Å². The van der Waals surface area contributed by atoms with E-state index in [2.05, 4.69) is 16.9 Å². The zero-order valence-corrected chi connectivity index (χ0v) is 9.91. The largest absolute Gasteiger partial charge is 0.326 e. The monoisotopic (exact) mass is 232 g/mol. The number of hydrogen-bond acceptors (Lipinski definition) is 3. The van der Waals surface area contributed by atoms with Crippen molar-refractivity contribution in [3.63, 3.8) is 0 Å². The highest BCUT2D eigenvalue weighted by Crippen LogP contribution is 2.24. The van der Waals surface area contributed by atoms with Crippen molar-refractivity contribution in [2.45, 2.75) is 6.04 Å². The van der Waals surface area contributed by atoms with Gasteiger partial charge in [-0.25, -0.2) is 9.78 Å². The summed E-state index contributed by atoms with van der Waals surface area (Å²) < 4.78 is 0. The molecule has 2 aliphatic heterocycles. The summed E-state index contributed by atoms with van der Waals surface area (Å²) in [5, 5.41) is 0. The summed E-state index contributed by atoms with van der Waals surface area (Å²) in [5.41, 5.74) is 0. The summed E-state index contributed by atoms with van der Waals surface area (Å²) in [4.78, 5) is 22.5. The van der Waals surface area contributed by atoms with Crippen molar-refractivity contribution in [1.29, 1.82) is 0 Å². The fourth-order valence-electron chi connectivity index (χ4n) is 2.57. The molecule has 0 radical (unpaired) electrons. The Morgan fingerprint density at radius 3 is 2.94 bits per heavy atom. The molecule has 3 heterocycles. The molecule has 5 heteroatoms. The zero-order valence-electron chi connectivity index (χ0n) is 9.91. The second kappa shape index (κ2) is 4.00. The van der Waals surface area contributed by atoms with Gasteiger partial charge in [-0.05, 0) is 19.2 Å². The second-order valence-corrected chi connectivity index (χ2v) is 4.69. The number of pyridine rings is 1. The lowest BCUT2D eigenvalue weighted by Gasteiger charge is -2.33. The highest BCUT2D eigenvalue weighted by molar-refractivity contribution is 5.93. The quantitative estimate of drug-likeness (QED) is 0.713. The van der Waals surface area contributed by atoms with Gasteiger partial charge in [0.2, 0.25) is 0 Å². The molecule has 0 N–H and O–H groups in total. The fourth-order valence-corrected chi connectivity index (χ4v) is 2.57. The number of carbonyl (C=O) groups excluding carboxylic acids is 1. The van der Waals surface area contributed by atoms with Gasteiger partial charge in [-0.2, -0.15) is 0 Å². The van der Waals surface area contributed by atoms with Gasteiger partial charge in [0.1, 0.15) is 5.82 Å². The molecule has 5 nitrogen and oxygen atoms in total. The summed E-state index contributed by atoms with van der Waals surface area (Å²) in [6.07, 6.45) is 1.73. The summed E-state index contributed by atoms with van der Waals surface area (Å²) in [6.45, 7) is 3.48. The molecule has 17 heavy (non-hydrogen) atoms. The van der Waals surface area contributed by atoms with Crippen LogP contribution in [0.5, 0.6) is 0 Å². The zero-order chi connectivity index (χ0) is 11.8. The smallest absolute Gasteiger partial charge is 0.317 e. The summed E-state index contributed by atoms with van der Waals surface area (Å²) >= 11 is 0. The molecule has 0 aliphatic carbocycles. The fraction of sp³-hybridized carbons (Fsp3) is 0.500. The van der Waals surface area contributed by atoms with Crippen molar-refractivity contribution in [2.75, 3.05) is 38.1 Å². The number of hydrogen-bond donors (Lipinski definition) is 0. The van der Waals surface area contributed by atoms with Gasteiger partial charge in [-0.3, -0.25) is 4.90 Å². The molecule has 2 fully saturated rings. The van der Waals surface area contributed by atoms with Crippen LogP contribution in [0.15, 0.2) is 24.4 Å². The Hall–Kier alpha value is -1.62. The summed E-state index contributed by atoms with van der Waals surface area (Å²) in [5.74, 6) is 0.759. The van der Waals surface area contributed by atoms with E-state index in [0.29, 0.717) is 6.04 Å². The lowest BCUT2D eigenvalue weighted by atomic mass is 10.2. The van der Waals surface area contributed by atoms with Gasteiger partial charge in [0.15, 0.2) is 0 Å². The van der Waals surface area contributed by atoms with Gasteiger partial charge in [0.05, 0.1) is 12.6 Å². The number of aromatic nitrogens is 1. The molecule has 1 aromatic heterocycles. The van der Waals surface area contributed by atoms with Gasteiger partial charge < -0.3 is 9.80 Å². The SMILES string of the molecule is CN1CCN2C(=O)N(c3ccccn3)C[C@H]2C1. The lowest BCUT2D eigenvalue weighted by Crippen LogP contribution is -2.50. The van der Waals surface area contributed by atoms with Crippen LogP contribution in [-0.2, 0) is 0 Å². The first kappa shape index (κ1) is 10.5. The number of nitrogens with zero attached hydrogens (tertiary/aromatic N) is 4. The van der Waals surface area contributed by atoms with Crippen molar-refractivity contribution in [3.8, 4) is 0 Å². The minimum absolute atomic E-state index is 0.0989. The van der Waals surface area contributed by atoms with Gasteiger partial charge in [0, 0.05) is 25.8 Å². The van der Waals surface area contributed by atoms with E-state index < -0.39 is 0 Å². The Morgan fingerprint density at radius 1 is 1.29 bits per heavy atom. The normalized spacial score (nSPS) is 25.2. The first-order chi connectivity index (χ1) is 8.25. The van der Waals surface area contributed by atoms with E-state index in [0.717, 1.165) is 32.0 Å². The van der Waals surface area contributed by atoms with Crippen LogP contribution in [0.3, 0.4) is 0 Å². The first-order valence-corrected chi connectivity index (χ1v) is 5.93. The molecule has 2 saturated heterocycles. The molecule has 90 valence electrons. The maximum Gasteiger partial charge on any atom is 0.326 e. The molecule has 1 atom stereocenters. The van der Waals surface area contributed by atoms with Crippen LogP contribution in [0.4, 0.5) is 10.6 Å². The minimum Gasteiger partial charge on any atom is -0.317 e. The van der Waals surface area contributed by atoms with Gasteiger partial charge >= 0.3 is 6.03 Å². The van der Waals surface area contributed by atoms with Crippen molar-refractivity contribution in [2.24, 2.45) is 0 Å². The maximum atomic E-state index is 12.2. The van der Waals surface area contributed by atoms with Crippen molar-refractivity contribution < 1.29 is 4.79 Å². The van der Waals surface area contributed by atoms with Crippen LogP contribution in [0.1, 0.15) is 0 Å². The Balaban J connectivity index is 1.83. The molecular weight excluding hydrogens is 216 g/mol. The topological polar surface area (TPSA) is 39.7 Å². The third-order valence-electron chi connectivity index (χ3n) is 3.48. The number of amides is 2. The third-order valence-corrected chi connectivity index (χ3v) is 3.48. The van der Waals surface area contributed by atoms with E-state index >= 15 is 0 Å². The van der Waals surface area contributed by atoms with Crippen LogP contribution in [0.25, 0.3) is 0 Å². The molecule has 0 aromatic carbocycles. The van der Waals surface area contributed by atoms with E-state index in [9.17, 15) is 4.79 Å². The van der Waals surface area contributed by atoms with E-state index in [1.54, 1.807) is 11.1 Å². The average molecular weight is 232 g/mol. The van der Waals surface area contributed by atoms with Gasteiger partial charge in [-0.1, -0.05) is 6.07 Å². The Bertz CT molecular complexity index is 422. The molecule has 0 spiro atoms. The van der Waals surface area contributed by atoms with E-state index in [1.165, 1.54) is 0 Å². The number of rotatable bonds is 1. The predicted octanol–water partition coefficient (Wildman–Crippen LogP) is 0.638. The van der Waals surface area contributed by atoms with Gasteiger partial charge in [0.25, 0.3) is 0 Å². The number of fused-ring (bicyclic) bond motifs is 1. The Morgan fingerprint density at radius 2 is 2.18 bits per heavy atom. The highest BCUT2D eigenvalue weighted by atomic mass is 16.2. The predicted molar refractivity (Wildman–Crippen MR) is 65.0 cm³/mol. The first-order valence-electron chi connectivity index (χ1n) is 5.93. The average Bonchev–Trinajstić information content (AvgIpc) is 2.67. The van der Waals surface area contributed by atoms with Crippen LogP contribution < -0.4 is 4.90 Å². The second-order valence-electron chi connectivity index (χ2n) is 4.69. The number of piperazine rings is 1. The summed E-state index contributed by atoms with van der Waals surface area (Å²) in [7, 11) is 2.10. The van der Waals surface area contributed by atoms with Crippen LogP contribution in [-0.4, -0.2) is 60.1 Å². The molecule has 0 unspecified atom stereocenters. The molecule has 2 aliphatic rings. The number of anilines is 1. The standard InChI is InChI=1S/C12H16N4O/c1-14-6-7-15-10(8-14)9-16(12(15)17)11-4-2-3-5-13-11/h2-5,10H,6-9H2,1H3/t10-/m1/s1. The molecule has 1 aromatic rings. The third kappa shape index (κ3) is 1.76. The molecule has 3 rings (SSSR count). The number of likely N-dealkylation sites (N-methyl/N-ethyl adjacent to an activating group) is 1. The van der Waals surface area contributed by atoms with Gasteiger partial charge in [-0.15, -0.1) is 0 Å². The molecule has 0 bridgehead atoms. The minimum atomic E-state index is 0.0989. The van der Waals surface area contributed by atoms with Crippen LogP contribution in [0, 0.1) is 0 Å². The van der Waals surface area contributed by atoms with E-state index in [4.69, 9.17) is 0 Å². The summed E-state index contributed by atoms with van der Waals surface area (Å²) in [6, 6.07) is 6.08. The van der Waals surface area contributed by atoms with Crippen LogP contribution in [0.2, 0.25) is 0 Å². The molecule has 0 saturated carbocycles. The van der Waals surface area contributed by atoms with Crippen LogP contribution >= 0.6 is 0 Å². The number of carbonyl (C=O) groups is 1. The van der Waals surface area contributed by atoms with Crippen molar-refractivity contribution in [3.05, 3.63) is 24.4 Å². The van der Waals surface area contributed by atoms with Crippen molar-refractivity contribution in [1.82, 2.24) is 14.8 Å². The van der Waals surface area contributed by atoms with E-state index in [1.807, 2.05) is 23.1 Å². The van der Waals surface area contributed by atoms with E-state index in [-0.39, 0.29) is 6.03 Å². The highest BCUT2D eigenvalue weighted by Gasteiger charge is 2.40. The molecular formula is C12H16N4O. The lowest BCUT2D eigenvalue weighted by molar-refractivity contribution is 0.139.